The predicted molar refractivity (Wildman–Crippen MR) is 80.2 cm³/mol. The van der Waals surface area contributed by atoms with Gasteiger partial charge in [0.2, 0.25) is 0 Å². The molecule has 1 unspecified atom stereocenters. The summed E-state index contributed by atoms with van der Waals surface area (Å²) in [6, 6.07) is 9.75. The summed E-state index contributed by atoms with van der Waals surface area (Å²) in [4.78, 5) is 4.19. The monoisotopic (exact) mass is 320 g/mol. The highest BCUT2D eigenvalue weighted by atomic mass is 79.9. The van der Waals surface area contributed by atoms with E-state index < -0.39 is 0 Å². The third-order valence-corrected chi connectivity index (χ3v) is 3.32. The number of hydrogen-bond acceptors (Lipinski definition) is 3. The summed E-state index contributed by atoms with van der Waals surface area (Å²) >= 11 is 3.42. The summed E-state index contributed by atoms with van der Waals surface area (Å²) in [5, 5.41) is 0. The molecular weight excluding hydrogens is 304 g/mol. The Hall–Kier alpha value is -1.39. The Kier molecular flexibility index (Phi) is 4.93. The second-order valence-electron chi connectivity index (χ2n) is 4.33. The van der Waals surface area contributed by atoms with E-state index in [0.29, 0.717) is 6.61 Å². The van der Waals surface area contributed by atoms with E-state index >= 15 is 0 Å². The SMILES string of the molecule is CCCOc1cncc(C(N)c2ccc(Br)cc2)c1. The summed E-state index contributed by atoms with van der Waals surface area (Å²) < 4.78 is 6.62. The zero-order valence-electron chi connectivity index (χ0n) is 10.8. The summed E-state index contributed by atoms with van der Waals surface area (Å²) in [5.74, 6) is 0.770. The molecular formula is C15H17BrN2O. The molecule has 0 aliphatic heterocycles. The minimum atomic E-state index is -0.189. The number of halogens is 1. The van der Waals surface area contributed by atoms with E-state index in [0.717, 1.165) is 27.8 Å². The average molecular weight is 321 g/mol. The second kappa shape index (κ2) is 6.68. The number of nitrogens with two attached hydrogens (primary N) is 1. The van der Waals surface area contributed by atoms with Gasteiger partial charge in [0.1, 0.15) is 5.75 Å². The molecule has 100 valence electrons. The van der Waals surface area contributed by atoms with Crippen LogP contribution in [0.3, 0.4) is 0 Å². The van der Waals surface area contributed by atoms with Crippen molar-refractivity contribution in [2.75, 3.05) is 6.61 Å². The smallest absolute Gasteiger partial charge is 0.137 e. The molecule has 0 bridgehead atoms. The Balaban J connectivity index is 2.18. The summed E-state index contributed by atoms with van der Waals surface area (Å²) in [5.41, 5.74) is 8.26. The van der Waals surface area contributed by atoms with Crippen molar-refractivity contribution in [2.45, 2.75) is 19.4 Å². The van der Waals surface area contributed by atoms with Crippen LogP contribution in [0, 0.1) is 0 Å². The van der Waals surface area contributed by atoms with Gasteiger partial charge in [-0.3, -0.25) is 4.98 Å². The quantitative estimate of drug-likeness (QED) is 0.914. The van der Waals surface area contributed by atoms with Crippen LogP contribution in [0.15, 0.2) is 47.2 Å². The molecule has 0 saturated carbocycles. The van der Waals surface area contributed by atoms with Gasteiger partial charge in [-0.1, -0.05) is 35.0 Å². The van der Waals surface area contributed by atoms with Crippen molar-refractivity contribution in [2.24, 2.45) is 5.73 Å². The van der Waals surface area contributed by atoms with Gasteiger partial charge in [-0.25, -0.2) is 0 Å². The standard InChI is InChI=1S/C15H17BrN2O/c1-2-7-19-14-8-12(9-18-10-14)15(17)11-3-5-13(16)6-4-11/h3-6,8-10,15H,2,7,17H2,1H3. The molecule has 0 aliphatic rings. The van der Waals surface area contributed by atoms with Crippen LogP contribution in [0.4, 0.5) is 0 Å². The number of benzene rings is 1. The zero-order valence-corrected chi connectivity index (χ0v) is 12.4. The molecule has 1 heterocycles. The van der Waals surface area contributed by atoms with Crippen LogP contribution >= 0.6 is 15.9 Å². The second-order valence-corrected chi connectivity index (χ2v) is 5.25. The Morgan fingerprint density at radius 1 is 1.21 bits per heavy atom. The average Bonchev–Trinajstić information content (AvgIpc) is 2.45. The molecule has 1 aromatic heterocycles. The first-order valence-electron chi connectivity index (χ1n) is 6.29. The van der Waals surface area contributed by atoms with Crippen LogP contribution in [0.5, 0.6) is 5.75 Å². The van der Waals surface area contributed by atoms with E-state index in [1.54, 1.807) is 12.4 Å². The first-order valence-corrected chi connectivity index (χ1v) is 7.09. The van der Waals surface area contributed by atoms with Gasteiger partial charge >= 0.3 is 0 Å². The van der Waals surface area contributed by atoms with E-state index in [1.165, 1.54) is 0 Å². The minimum absolute atomic E-state index is 0.189. The number of aromatic nitrogens is 1. The molecule has 2 aromatic rings. The van der Waals surface area contributed by atoms with Gasteiger partial charge in [-0.05, 0) is 35.7 Å². The Labute approximate surface area is 121 Å². The van der Waals surface area contributed by atoms with Crippen LogP contribution in [0.1, 0.15) is 30.5 Å². The third kappa shape index (κ3) is 3.78. The highest BCUT2D eigenvalue weighted by molar-refractivity contribution is 9.10. The van der Waals surface area contributed by atoms with Crippen molar-refractivity contribution in [1.82, 2.24) is 4.98 Å². The maximum atomic E-state index is 6.25. The third-order valence-electron chi connectivity index (χ3n) is 2.80. The number of pyridine rings is 1. The van der Waals surface area contributed by atoms with E-state index in [2.05, 4.69) is 27.8 Å². The zero-order chi connectivity index (χ0) is 13.7. The Morgan fingerprint density at radius 2 is 1.95 bits per heavy atom. The normalized spacial score (nSPS) is 12.2. The van der Waals surface area contributed by atoms with Gasteiger partial charge in [0, 0.05) is 10.7 Å². The van der Waals surface area contributed by atoms with Gasteiger partial charge in [0.15, 0.2) is 0 Å². The lowest BCUT2D eigenvalue weighted by Gasteiger charge is -2.13. The van der Waals surface area contributed by atoms with Crippen molar-refractivity contribution in [3.63, 3.8) is 0 Å². The molecule has 1 aromatic carbocycles. The van der Waals surface area contributed by atoms with Crippen LogP contribution in [-0.4, -0.2) is 11.6 Å². The molecule has 0 saturated heterocycles. The molecule has 0 fully saturated rings. The fourth-order valence-electron chi connectivity index (χ4n) is 1.77. The summed E-state index contributed by atoms with van der Waals surface area (Å²) in [7, 11) is 0. The van der Waals surface area contributed by atoms with Gasteiger partial charge in [-0.2, -0.15) is 0 Å². The summed E-state index contributed by atoms with van der Waals surface area (Å²) in [6.07, 6.45) is 4.47. The van der Waals surface area contributed by atoms with Crippen LogP contribution < -0.4 is 10.5 Å². The van der Waals surface area contributed by atoms with E-state index in [1.807, 2.05) is 30.3 Å². The molecule has 0 amide bonds. The predicted octanol–water partition coefficient (Wildman–Crippen LogP) is 3.68. The fraction of sp³-hybridized carbons (Fsp3) is 0.267. The highest BCUT2D eigenvalue weighted by Crippen LogP contribution is 2.23. The molecule has 2 rings (SSSR count). The van der Waals surface area contributed by atoms with Crippen LogP contribution in [-0.2, 0) is 0 Å². The molecule has 3 nitrogen and oxygen atoms in total. The first-order chi connectivity index (χ1) is 9.20. The number of nitrogens with zero attached hydrogens (tertiary/aromatic N) is 1. The van der Waals surface area contributed by atoms with Gasteiger partial charge < -0.3 is 10.5 Å². The molecule has 0 aliphatic carbocycles. The van der Waals surface area contributed by atoms with Crippen molar-refractivity contribution < 1.29 is 4.74 Å². The Morgan fingerprint density at radius 3 is 2.63 bits per heavy atom. The van der Waals surface area contributed by atoms with Crippen molar-refractivity contribution in [1.29, 1.82) is 0 Å². The Bertz CT molecular complexity index is 528. The topological polar surface area (TPSA) is 48.1 Å². The lowest BCUT2D eigenvalue weighted by molar-refractivity contribution is 0.315. The van der Waals surface area contributed by atoms with Gasteiger partial charge in [0.05, 0.1) is 18.8 Å². The van der Waals surface area contributed by atoms with Crippen molar-refractivity contribution in [3.05, 3.63) is 58.3 Å². The largest absolute Gasteiger partial charge is 0.492 e. The summed E-state index contributed by atoms with van der Waals surface area (Å²) in [6.45, 7) is 2.77. The van der Waals surface area contributed by atoms with E-state index in [9.17, 15) is 0 Å². The molecule has 19 heavy (non-hydrogen) atoms. The molecule has 0 spiro atoms. The van der Waals surface area contributed by atoms with E-state index in [4.69, 9.17) is 10.5 Å². The number of hydrogen-bond donors (Lipinski definition) is 1. The number of rotatable bonds is 5. The van der Waals surface area contributed by atoms with Crippen molar-refractivity contribution >= 4 is 15.9 Å². The lowest BCUT2D eigenvalue weighted by Crippen LogP contribution is -2.12. The highest BCUT2D eigenvalue weighted by Gasteiger charge is 2.10. The maximum Gasteiger partial charge on any atom is 0.137 e. The van der Waals surface area contributed by atoms with Gasteiger partial charge in [0.25, 0.3) is 0 Å². The first kappa shape index (κ1) is 14.0. The van der Waals surface area contributed by atoms with Gasteiger partial charge in [-0.15, -0.1) is 0 Å². The molecule has 1 atom stereocenters. The maximum absolute atomic E-state index is 6.25. The van der Waals surface area contributed by atoms with Crippen molar-refractivity contribution in [3.8, 4) is 5.75 Å². The van der Waals surface area contributed by atoms with Crippen LogP contribution in [0.2, 0.25) is 0 Å². The minimum Gasteiger partial charge on any atom is -0.492 e. The fourth-order valence-corrected chi connectivity index (χ4v) is 2.03. The molecule has 0 radical (unpaired) electrons. The molecule has 2 N–H and O–H groups in total. The number of ether oxygens (including phenoxy) is 1. The van der Waals surface area contributed by atoms with Crippen LogP contribution in [0.25, 0.3) is 0 Å². The molecule has 4 heteroatoms. The lowest BCUT2D eigenvalue weighted by atomic mass is 10.0. The van der Waals surface area contributed by atoms with E-state index in [-0.39, 0.29) is 6.04 Å².